The van der Waals surface area contributed by atoms with Crippen LogP contribution in [0.1, 0.15) is 26.2 Å². The van der Waals surface area contributed by atoms with Crippen molar-refractivity contribution in [2.75, 3.05) is 7.11 Å². The van der Waals surface area contributed by atoms with Crippen LogP contribution in [0.15, 0.2) is 0 Å². The number of aliphatic hydroxyl groups excluding tert-OH is 1. The highest BCUT2D eigenvalue weighted by molar-refractivity contribution is 6.32. The van der Waals surface area contributed by atoms with Crippen LogP contribution in [-0.2, 0) is 33.5 Å². The summed E-state index contributed by atoms with van der Waals surface area (Å²) in [6.45, 7) is 1.16. The smallest absolute Gasteiger partial charge is 0.374 e. The molecule has 0 aromatic rings. The van der Waals surface area contributed by atoms with Gasteiger partial charge in [0.2, 0.25) is 5.78 Å². The van der Waals surface area contributed by atoms with Gasteiger partial charge in [-0.15, -0.1) is 0 Å². The molecule has 5 N–H and O–H groups in total. The van der Waals surface area contributed by atoms with E-state index in [1.807, 2.05) is 0 Å². The van der Waals surface area contributed by atoms with Gasteiger partial charge < -0.3 is 30.3 Å². The number of esters is 1. The maximum atomic E-state index is 9.94. The standard InChI is InChI=1S/C4H6O5.C4H6O4.C4H6O3/c5-2(4(8)9)1-3(6)7;5-3(6)1-2-4(7)8;1-3(5)4(6)7-2/h2,5H,1H2,(H,6,7)(H,8,9);1-2H2,(H,5,6)(H,7,8);1-2H3. The Morgan fingerprint density at radius 2 is 1.21 bits per heavy atom. The number of carbonyl (C=O) groups is 6. The van der Waals surface area contributed by atoms with Crippen molar-refractivity contribution in [3.63, 3.8) is 0 Å². The summed E-state index contributed by atoms with van der Waals surface area (Å²) in [5.41, 5.74) is 0. The molecule has 12 nitrogen and oxygen atoms in total. The van der Waals surface area contributed by atoms with Crippen molar-refractivity contribution < 1.29 is 59.0 Å². The molecule has 0 amide bonds. The number of hydrogen-bond acceptors (Lipinski definition) is 8. The van der Waals surface area contributed by atoms with E-state index in [-0.39, 0.29) is 12.8 Å². The minimum Gasteiger partial charge on any atom is -0.481 e. The van der Waals surface area contributed by atoms with E-state index < -0.39 is 48.2 Å². The molecule has 1 unspecified atom stereocenters. The molecule has 0 aromatic carbocycles. The first-order valence-corrected chi connectivity index (χ1v) is 6.00. The van der Waals surface area contributed by atoms with Crippen molar-refractivity contribution in [3.8, 4) is 0 Å². The number of carboxylic acid groups (broad SMARTS) is 4. The Balaban J connectivity index is -0.000000278. The maximum Gasteiger partial charge on any atom is 0.374 e. The van der Waals surface area contributed by atoms with Crippen molar-refractivity contribution in [1.29, 1.82) is 0 Å². The summed E-state index contributed by atoms with van der Waals surface area (Å²) >= 11 is 0. The highest BCUT2D eigenvalue weighted by Gasteiger charge is 2.16. The number of hydrogen-bond donors (Lipinski definition) is 5. The van der Waals surface area contributed by atoms with Gasteiger partial charge in [0, 0.05) is 6.92 Å². The molecule has 24 heavy (non-hydrogen) atoms. The normalized spacial score (nSPS) is 9.79. The second-order valence-electron chi connectivity index (χ2n) is 3.79. The summed E-state index contributed by atoms with van der Waals surface area (Å²) in [6, 6.07) is 0. The molecule has 12 heteroatoms. The van der Waals surface area contributed by atoms with Crippen molar-refractivity contribution in [2.45, 2.75) is 32.3 Å². The van der Waals surface area contributed by atoms with Gasteiger partial charge >= 0.3 is 29.8 Å². The van der Waals surface area contributed by atoms with Crippen LogP contribution in [0.25, 0.3) is 0 Å². The number of methoxy groups -OCH3 is 1. The van der Waals surface area contributed by atoms with E-state index in [2.05, 4.69) is 4.74 Å². The predicted octanol–water partition coefficient (Wildman–Crippen LogP) is -1.41. The third kappa shape index (κ3) is 24.0. The van der Waals surface area contributed by atoms with E-state index in [0.717, 1.165) is 6.92 Å². The molecule has 0 aliphatic heterocycles. The number of ketones is 1. The van der Waals surface area contributed by atoms with Gasteiger partial charge in [-0.2, -0.15) is 0 Å². The monoisotopic (exact) mass is 354 g/mol. The molecule has 138 valence electrons. The second kappa shape index (κ2) is 14.9. The van der Waals surface area contributed by atoms with Gasteiger partial charge in [-0.25, -0.2) is 9.59 Å². The molecule has 1 atom stereocenters. The lowest BCUT2D eigenvalue weighted by Crippen LogP contribution is -2.22. The Bertz CT molecular complexity index is 453. The third-order valence-electron chi connectivity index (χ3n) is 1.68. The molecule has 0 fully saturated rings. The zero-order chi connectivity index (χ0) is 19.9. The van der Waals surface area contributed by atoms with Crippen molar-refractivity contribution in [3.05, 3.63) is 0 Å². The van der Waals surface area contributed by atoms with Crippen molar-refractivity contribution >= 4 is 35.6 Å². The molecule has 0 radical (unpaired) electrons. The Morgan fingerprint density at radius 3 is 1.29 bits per heavy atom. The SMILES string of the molecule is COC(=O)C(C)=O.O=C(O)CC(O)C(=O)O.O=C(O)CCC(=O)O. The molecule has 0 spiro atoms. The van der Waals surface area contributed by atoms with Gasteiger partial charge in [-0.1, -0.05) is 0 Å². The number of carbonyl (C=O) groups excluding carboxylic acids is 2. The average molecular weight is 354 g/mol. The van der Waals surface area contributed by atoms with E-state index in [4.69, 9.17) is 25.5 Å². The van der Waals surface area contributed by atoms with Gasteiger partial charge in [-0.3, -0.25) is 19.2 Å². The van der Waals surface area contributed by atoms with Crippen LogP contribution < -0.4 is 0 Å². The summed E-state index contributed by atoms with van der Waals surface area (Å²) < 4.78 is 4.02. The lowest BCUT2D eigenvalue weighted by molar-refractivity contribution is -0.152. The lowest BCUT2D eigenvalue weighted by atomic mass is 10.3. The first-order valence-electron chi connectivity index (χ1n) is 6.00. The molecule has 0 aromatic heterocycles. The Morgan fingerprint density at radius 1 is 0.833 bits per heavy atom. The summed E-state index contributed by atoms with van der Waals surface area (Å²) in [6.07, 6.45) is -3.14. The molecular formula is C12H18O12. The van der Waals surface area contributed by atoms with Crippen LogP contribution in [0.3, 0.4) is 0 Å². The Labute approximate surface area is 135 Å². The fourth-order valence-electron chi connectivity index (χ4n) is 0.610. The molecular weight excluding hydrogens is 336 g/mol. The van der Waals surface area contributed by atoms with Crippen LogP contribution in [0.2, 0.25) is 0 Å². The largest absolute Gasteiger partial charge is 0.481 e. The van der Waals surface area contributed by atoms with Gasteiger partial charge in [0.05, 0.1) is 26.4 Å². The molecule has 0 bridgehead atoms. The number of rotatable bonds is 7. The van der Waals surface area contributed by atoms with Gasteiger partial charge in [0.15, 0.2) is 6.10 Å². The molecule has 0 rings (SSSR count). The zero-order valence-corrected chi connectivity index (χ0v) is 12.8. The maximum absolute atomic E-state index is 9.94. The quantitative estimate of drug-likeness (QED) is 0.263. The number of ether oxygens (including phenoxy) is 1. The molecule has 0 aliphatic carbocycles. The van der Waals surface area contributed by atoms with Gasteiger partial charge in [0.25, 0.3) is 0 Å². The van der Waals surface area contributed by atoms with E-state index in [1.54, 1.807) is 0 Å². The zero-order valence-electron chi connectivity index (χ0n) is 12.8. The number of aliphatic carboxylic acids is 4. The topological polar surface area (TPSA) is 213 Å². The van der Waals surface area contributed by atoms with Crippen LogP contribution in [-0.4, -0.2) is 74.4 Å². The highest BCUT2D eigenvalue weighted by atomic mass is 16.5. The summed E-state index contributed by atoms with van der Waals surface area (Å²) in [4.78, 5) is 58.5. The first kappa shape index (κ1) is 25.9. The summed E-state index contributed by atoms with van der Waals surface area (Å²) in [5.74, 6) is -6.36. The van der Waals surface area contributed by atoms with Crippen molar-refractivity contribution in [2.24, 2.45) is 0 Å². The minimum absolute atomic E-state index is 0.296. The van der Waals surface area contributed by atoms with Gasteiger partial charge in [0.1, 0.15) is 0 Å². The van der Waals surface area contributed by atoms with E-state index >= 15 is 0 Å². The third-order valence-corrected chi connectivity index (χ3v) is 1.68. The fraction of sp³-hybridized carbons (Fsp3) is 0.500. The molecule has 0 heterocycles. The second-order valence-corrected chi connectivity index (χ2v) is 3.79. The molecule has 0 aliphatic rings. The van der Waals surface area contributed by atoms with Crippen molar-refractivity contribution in [1.82, 2.24) is 0 Å². The first-order chi connectivity index (χ1) is 10.8. The van der Waals surface area contributed by atoms with Gasteiger partial charge in [-0.05, 0) is 0 Å². The van der Waals surface area contributed by atoms with E-state index in [9.17, 15) is 28.8 Å². The average Bonchev–Trinajstić information content (AvgIpc) is 2.44. The molecule has 0 saturated carbocycles. The number of aliphatic hydroxyl groups is 1. The van der Waals surface area contributed by atoms with Crippen LogP contribution in [0.5, 0.6) is 0 Å². The van der Waals surface area contributed by atoms with Crippen LogP contribution in [0.4, 0.5) is 0 Å². The minimum atomic E-state index is -1.79. The Hall–Kier alpha value is -3.02. The fourth-order valence-corrected chi connectivity index (χ4v) is 0.610. The predicted molar refractivity (Wildman–Crippen MR) is 73.1 cm³/mol. The van der Waals surface area contributed by atoms with E-state index in [0.29, 0.717) is 0 Å². The summed E-state index contributed by atoms with van der Waals surface area (Å²) in [7, 11) is 1.17. The van der Waals surface area contributed by atoms with Crippen LogP contribution in [0, 0.1) is 0 Å². The van der Waals surface area contributed by atoms with E-state index in [1.165, 1.54) is 7.11 Å². The lowest BCUT2D eigenvalue weighted by Gasteiger charge is -1.97. The molecule has 0 saturated heterocycles. The number of carboxylic acids is 4. The summed E-state index contributed by atoms with van der Waals surface area (Å²) in [5, 5.41) is 39.9. The number of Topliss-reactive ketones (excluding diaryl/α,β-unsaturated/α-hetero) is 1. The highest BCUT2D eigenvalue weighted by Crippen LogP contribution is 1.89. The van der Waals surface area contributed by atoms with Crippen LogP contribution >= 0.6 is 0 Å². The Kier molecular flexibility index (Phi) is 16.1.